The van der Waals surface area contributed by atoms with Crippen molar-refractivity contribution < 1.29 is 19.5 Å². The molecule has 1 aliphatic heterocycles. The lowest BCUT2D eigenvalue weighted by Gasteiger charge is -2.24. The van der Waals surface area contributed by atoms with Gasteiger partial charge in [-0.1, -0.05) is 12.8 Å². The molecule has 0 spiro atoms. The van der Waals surface area contributed by atoms with Crippen molar-refractivity contribution in [3.63, 3.8) is 0 Å². The van der Waals surface area contributed by atoms with Gasteiger partial charge in [0.2, 0.25) is 11.8 Å². The van der Waals surface area contributed by atoms with Gasteiger partial charge in [0, 0.05) is 13.0 Å². The van der Waals surface area contributed by atoms with Gasteiger partial charge < -0.3 is 20.6 Å². The lowest BCUT2D eigenvalue weighted by molar-refractivity contribution is -0.138. The Labute approximate surface area is 155 Å². The molecule has 0 aromatic rings. The molecule has 0 aromatic heterocycles. The standard InChI is InChI=1S/C19H31N3O4/c1-3-12-22(14-17(23)21-16(4-2)13-19(25)26)18(24)7-5-6-15-8-10-20-11-9-15/h2,15-16,20H,3,5-14H2,1H3,(H,21,23)(H,25,26). The molecule has 146 valence electrons. The van der Waals surface area contributed by atoms with Crippen molar-refractivity contribution in [1.82, 2.24) is 15.5 Å². The topological polar surface area (TPSA) is 98.7 Å². The average Bonchev–Trinajstić information content (AvgIpc) is 2.61. The highest BCUT2D eigenvalue weighted by molar-refractivity contribution is 5.85. The lowest BCUT2D eigenvalue weighted by atomic mass is 9.92. The number of carbonyl (C=O) groups excluding carboxylic acids is 2. The second-order valence-corrected chi connectivity index (χ2v) is 6.79. The molecule has 26 heavy (non-hydrogen) atoms. The van der Waals surface area contributed by atoms with Crippen molar-refractivity contribution in [2.75, 3.05) is 26.2 Å². The van der Waals surface area contributed by atoms with E-state index in [9.17, 15) is 14.4 Å². The van der Waals surface area contributed by atoms with Crippen LogP contribution in [-0.2, 0) is 14.4 Å². The molecule has 7 heteroatoms. The molecule has 1 saturated heterocycles. The molecular weight excluding hydrogens is 334 g/mol. The summed E-state index contributed by atoms with van der Waals surface area (Å²) in [6.45, 7) is 4.46. The predicted octanol–water partition coefficient (Wildman–Crippen LogP) is 0.988. The summed E-state index contributed by atoms with van der Waals surface area (Å²) in [5.41, 5.74) is 0. The molecule has 1 rings (SSSR count). The molecule has 3 N–H and O–H groups in total. The summed E-state index contributed by atoms with van der Waals surface area (Å²) in [7, 11) is 0. The summed E-state index contributed by atoms with van der Waals surface area (Å²) in [4.78, 5) is 36.8. The van der Waals surface area contributed by atoms with Gasteiger partial charge in [0.1, 0.15) is 6.04 Å². The molecule has 1 unspecified atom stereocenters. The summed E-state index contributed by atoms with van der Waals surface area (Å²) >= 11 is 0. The number of amides is 2. The molecule has 0 aliphatic carbocycles. The molecule has 0 aromatic carbocycles. The van der Waals surface area contributed by atoms with E-state index in [1.165, 1.54) is 4.90 Å². The van der Waals surface area contributed by atoms with Gasteiger partial charge in [0.05, 0.1) is 13.0 Å². The summed E-state index contributed by atoms with van der Waals surface area (Å²) in [6, 6.07) is -0.863. The first kappa shape index (κ1) is 22.0. The van der Waals surface area contributed by atoms with E-state index >= 15 is 0 Å². The van der Waals surface area contributed by atoms with Crippen LogP contribution in [0.15, 0.2) is 0 Å². The van der Waals surface area contributed by atoms with Gasteiger partial charge in [-0.25, -0.2) is 0 Å². The molecule has 1 atom stereocenters. The fourth-order valence-electron chi connectivity index (χ4n) is 3.17. The molecule has 0 bridgehead atoms. The first-order valence-electron chi connectivity index (χ1n) is 9.42. The maximum absolute atomic E-state index is 12.4. The van der Waals surface area contributed by atoms with Gasteiger partial charge >= 0.3 is 5.97 Å². The number of hydrogen-bond donors (Lipinski definition) is 3. The van der Waals surface area contributed by atoms with Crippen LogP contribution in [0.1, 0.15) is 51.9 Å². The first-order valence-corrected chi connectivity index (χ1v) is 9.42. The average molecular weight is 365 g/mol. The number of terminal acetylenes is 1. The Bertz CT molecular complexity index is 509. The van der Waals surface area contributed by atoms with Gasteiger partial charge in [-0.05, 0) is 51.1 Å². The zero-order valence-electron chi connectivity index (χ0n) is 15.6. The van der Waals surface area contributed by atoms with Gasteiger partial charge in [0.25, 0.3) is 0 Å². The molecule has 0 radical (unpaired) electrons. The number of piperidine rings is 1. The maximum Gasteiger partial charge on any atom is 0.306 e. The van der Waals surface area contributed by atoms with Crippen LogP contribution >= 0.6 is 0 Å². The van der Waals surface area contributed by atoms with E-state index in [1.54, 1.807) is 0 Å². The fourth-order valence-corrected chi connectivity index (χ4v) is 3.17. The second-order valence-electron chi connectivity index (χ2n) is 6.79. The zero-order chi connectivity index (χ0) is 19.4. The fraction of sp³-hybridized carbons (Fsp3) is 0.737. The SMILES string of the molecule is C#CC(CC(=O)O)NC(=O)CN(CCC)C(=O)CCCC1CCNCC1. The quantitative estimate of drug-likeness (QED) is 0.474. The van der Waals surface area contributed by atoms with E-state index in [-0.39, 0.29) is 18.9 Å². The predicted molar refractivity (Wildman–Crippen MR) is 99.3 cm³/mol. The highest BCUT2D eigenvalue weighted by Gasteiger charge is 2.20. The molecule has 7 nitrogen and oxygen atoms in total. The van der Waals surface area contributed by atoms with Crippen LogP contribution in [-0.4, -0.2) is 60.0 Å². The molecule has 1 fully saturated rings. The smallest absolute Gasteiger partial charge is 0.306 e. The third-order valence-corrected chi connectivity index (χ3v) is 4.56. The van der Waals surface area contributed by atoms with Crippen molar-refractivity contribution in [3.05, 3.63) is 0 Å². The second kappa shape index (κ2) is 12.3. The molecular formula is C19H31N3O4. The van der Waals surface area contributed by atoms with Gasteiger partial charge in [0.15, 0.2) is 0 Å². The Morgan fingerprint density at radius 1 is 1.35 bits per heavy atom. The number of carbonyl (C=O) groups is 3. The summed E-state index contributed by atoms with van der Waals surface area (Å²) in [6.07, 6.45) is 10.3. The number of aliphatic carboxylic acids is 1. The van der Waals surface area contributed by atoms with Crippen LogP contribution in [0.3, 0.4) is 0 Å². The van der Waals surface area contributed by atoms with E-state index in [2.05, 4.69) is 16.6 Å². The van der Waals surface area contributed by atoms with E-state index in [4.69, 9.17) is 11.5 Å². The van der Waals surface area contributed by atoms with Crippen LogP contribution in [0.5, 0.6) is 0 Å². The van der Waals surface area contributed by atoms with Crippen LogP contribution < -0.4 is 10.6 Å². The highest BCUT2D eigenvalue weighted by atomic mass is 16.4. The third kappa shape index (κ3) is 8.86. The van der Waals surface area contributed by atoms with Crippen LogP contribution in [0.2, 0.25) is 0 Å². The van der Waals surface area contributed by atoms with Crippen molar-refractivity contribution in [2.45, 2.75) is 57.9 Å². The van der Waals surface area contributed by atoms with Crippen LogP contribution in [0, 0.1) is 18.3 Å². The highest BCUT2D eigenvalue weighted by Crippen LogP contribution is 2.19. The minimum Gasteiger partial charge on any atom is -0.481 e. The number of rotatable bonds is 11. The van der Waals surface area contributed by atoms with Crippen molar-refractivity contribution in [3.8, 4) is 12.3 Å². The van der Waals surface area contributed by atoms with Gasteiger partial charge in [-0.15, -0.1) is 6.42 Å². The first-order chi connectivity index (χ1) is 12.5. The van der Waals surface area contributed by atoms with Crippen molar-refractivity contribution >= 4 is 17.8 Å². The normalized spacial score (nSPS) is 15.7. The molecule has 2 amide bonds. The van der Waals surface area contributed by atoms with E-state index in [0.717, 1.165) is 45.2 Å². The summed E-state index contributed by atoms with van der Waals surface area (Å²) in [5, 5.41) is 14.6. The number of nitrogens with one attached hydrogen (secondary N) is 2. The Morgan fingerprint density at radius 2 is 2.04 bits per heavy atom. The summed E-state index contributed by atoms with van der Waals surface area (Å²) in [5.74, 6) is 1.39. The minimum absolute atomic E-state index is 0.0357. The number of carboxylic acids is 1. The monoisotopic (exact) mass is 365 g/mol. The van der Waals surface area contributed by atoms with Gasteiger partial charge in [-0.3, -0.25) is 14.4 Å². The Kier molecular flexibility index (Phi) is 10.4. The Morgan fingerprint density at radius 3 is 2.62 bits per heavy atom. The number of nitrogens with zero attached hydrogens (tertiary/aromatic N) is 1. The van der Waals surface area contributed by atoms with Crippen LogP contribution in [0.25, 0.3) is 0 Å². The largest absolute Gasteiger partial charge is 0.481 e. The number of carboxylic acid groups (broad SMARTS) is 1. The van der Waals surface area contributed by atoms with E-state index in [1.807, 2.05) is 6.92 Å². The molecule has 0 saturated carbocycles. The maximum atomic E-state index is 12.4. The lowest BCUT2D eigenvalue weighted by Crippen LogP contribution is -2.44. The zero-order valence-corrected chi connectivity index (χ0v) is 15.6. The van der Waals surface area contributed by atoms with E-state index in [0.29, 0.717) is 18.9 Å². The third-order valence-electron chi connectivity index (χ3n) is 4.56. The van der Waals surface area contributed by atoms with Crippen LogP contribution in [0.4, 0.5) is 0 Å². The van der Waals surface area contributed by atoms with Crippen molar-refractivity contribution in [1.29, 1.82) is 0 Å². The molecule has 1 heterocycles. The number of hydrogen-bond acceptors (Lipinski definition) is 4. The van der Waals surface area contributed by atoms with Gasteiger partial charge in [-0.2, -0.15) is 0 Å². The van der Waals surface area contributed by atoms with Crippen molar-refractivity contribution in [2.24, 2.45) is 5.92 Å². The minimum atomic E-state index is -1.08. The Balaban J connectivity index is 2.42. The Hall–Kier alpha value is -2.07. The molecule has 1 aliphatic rings. The van der Waals surface area contributed by atoms with E-state index < -0.39 is 17.9 Å². The summed E-state index contributed by atoms with van der Waals surface area (Å²) < 4.78 is 0.